The molecule has 1 aliphatic rings. The number of thiophene rings is 1. The van der Waals surface area contributed by atoms with Crippen molar-refractivity contribution in [3.05, 3.63) is 11.4 Å². The van der Waals surface area contributed by atoms with Gasteiger partial charge in [-0.15, -0.1) is 11.3 Å². The summed E-state index contributed by atoms with van der Waals surface area (Å²) in [6.45, 7) is 3.92. The molecule has 102 valence electrons. The summed E-state index contributed by atoms with van der Waals surface area (Å²) in [6, 6.07) is 2.40. The van der Waals surface area contributed by atoms with Crippen molar-refractivity contribution in [3.63, 3.8) is 0 Å². The summed E-state index contributed by atoms with van der Waals surface area (Å²) >= 11 is 1.59. The van der Waals surface area contributed by atoms with Crippen molar-refractivity contribution in [1.82, 2.24) is 9.97 Å². The first-order valence-corrected chi connectivity index (χ1v) is 7.47. The molecular formula is C13H18N4OS. The van der Waals surface area contributed by atoms with Crippen molar-refractivity contribution in [2.75, 3.05) is 24.3 Å². The molecule has 3 heterocycles. The van der Waals surface area contributed by atoms with Crippen molar-refractivity contribution < 1.29 is 4.74 Å². The summed E-state index contributed by atoms with van der Waals surface area (Å²) in [6.07, 6.45) is 2.20. The Morgan fingerprint density at radius 2 is 2.21 bits per heavy atom. The number of aromatic nitrogens is 2. The molecule has 1 unspecified atom stereocenters. The van der Waals surface area contributed by atoms with Gasteiger partial charge in [0.2, 0.25) is 5.95 Å². The maximum Gasteiger partial charge on any atom is 0.223 e. The fourth-order valence-corrected chi connectivity index (χ4v) is 3.30. The lowest BCUT2D eigenvalue weighted by Crippen LogP contribution is -2.31. The van der Waals surface area contributed by atoms with Crippen molar-refractivity contribution in [3.8, 4) is 0 Å². The third kappa shape index (κ3) is 2.64. The molecule has 0 radical (unpaired) electrons. The Bertz CT molecular complexity index is 565. The maximum atomic E-state index is 5.76. The standard InChI is InChI=1S/C13H18N4OS/c1-8(9-2-5-18-6-3-9)15-11-10-4-7-19-12(10)17-13(14)16-11/h4,7-9H,2-3,5-6H2,1H3,(H3,14,15,16,17). The molecule has 1 atom stereocenters. The Kier molecular flexibility index (Phi) is 3.52. The Labute approximate surface area is 116 Å². The van der Waals surface area contributed by atoms with Gasteiger partial charge in [-0.1, -0.05) is 0 Å². The van der Waals surface area contributed by atoms with Crippen LogP contribution in [0.1, 0.15) is 19.8 Å². The van der Waals surface area contributed by atoms with E-state index in [1.165, 1.54) is 0 Å². The number of rotatable bonds is 3. The van der Waals surface area contributed by atoms with Gasteiger partial charge in [0.25, 0.3) is 0 Å². The highest BCUT2D eigenvalue weighted by molar-refractivity contribution is 7.16. The van der Waals surface area contributed by atoms with Crippen LogP contribution in [0.4, 0.5) is 11.8 Å². The van der Waals surface area contributed by atoms with Crippen LogP contribution in [0.5, 0.6) is 0 Å². The first-order chi connectivity index (χ1) is 9.24. The van der Waals surface area contributed by atoms with Gasteiger partial charge in [-0.25, -0.2) is 4.98 Å². The molecule has 0 bridgehead atoms. The average Bonchev–Trinajstić information content (AvgIpc) is 2.88. The molecule has 3 N–H and O–H groups in total. The first-order valence-electron chi connectivity index (χ1n) is 6.59. The van der Waals surface area contributed by atoms with E-state index in [4.69, 9.17) is 10.5 Å². The van der Waals surface area contributed by atoms with E-state index in [-0.39, 0.29) is 0 Å². The Morgan fingerprint density at radius 1 is 1.42 bits per heavy atom. The van der Waals surface area contributed by atoms with Crippen molar-refractivity contribution in [2.45, 2.75) is 25.8 Å². The van der Waals surface area contributed by atoms with Gasteiger partial charge >= 0.3 is 0 Å². The summed E-state index contributed by atoms with van der Waals surface area (Å²) in [4.78, 5) is 9.52. The summed E-state index contributed by atoms with van der Waals surface area (Å²) in [5, 5.41) is 6.57. The van der Waals surface area contributed by atoms with Crippen LogP contribution in [0.3, 0.4) is 0 Å². The monoisotopic (exact) mass is 278 g/mol. The number of ether oxygens (including phenoxy) is 1. The van der Waals surface area contributed by atoms with Crippen LogP contribution in [0, 0.1) is 5.92 Å². The Hall–Kier alpha value is -1.40. The van der Waals surface area contributed by atoms with E-state index in [0.717, 1.165) is 42.1 Å². The second-order valence-corrected chi connectivity index (χ2v) is 5.85. The number of anilines is 2. The molecule has 0 saturated carbocycles. The number of nitrogen functional groups attached to an aromatic ring is 1. The van der Waals surface area contributed by atoms with E-state index in [1.807, 2.05) is 11.4 Å². The highest BCUT2D eigenvalue weighted by atomic mass is 32.1. The largest absolute Gasteiger partial charge is 0.381 e. The SMILES string of the molecule is CC(Nc1nc(N)nc2sccc12)C1CCOCC1. The number of nitrogens with one attached hydrogen (secondary N) is 1. The van der Waals surface area contributed by atoms with E-state index in [2.05, 4.69) is 22.2 Å². The van der Waals surface area contributed by atoms with E-state index in [9.17, 15) is 0 Å². The number of nitrogens with zero attached hydrogens (tertiary/aromatic N) is 2. The van der Waals surface area contributed by atoms with Gasteiger partial charge in [0, 0.05) is 19.3 Å². The van der Waals surface area contributed by atoms with Crippen LogP contribution in [0.2, 0.25) is 0 Å². The minimum Gasteiger partial charge on any atom is -0.381 e. The van der Waals surface area contributed by atoms with Gasteiger partial charge in [-0.3, -0.25) is 0 Å². The fraction of sp³-hybridized carbons (Fsp3) is 0.538. The van der Waals surface area contributed by atoms with E-state index < -0.39 is 0 Å². The topological polar surface area (TPSA) is 73.1 Å². The zero-order valence-corrected chi connectivity index (χ0v) is 11.7. The summed E-state index contributed by atoms with van der Waals surface area (Å²) in [5.41, 5.74) is 5.76. The van der Waals surface area contributed by atoms with Crippen LogP contribution in [-0.2, 0) is 4.74 Å². The number of nitrogens with two attached hydrogens (primary N) is 1. The van der Waals surface area contributed by atoms with E-state index >= 15 is 0 Å². The van der Waals surface area contributed by atoms with E-state index in [1.54, 1.807) is 11.3 Å². The highest BCUT2D eigenvalue weighted by Gasteiger charge is 2.21. The van der Waals surface area contributed by atoms with Crippen molar-refractivity contribution in [2.24, 2.45) is 5.92 Å². The van der Waals surface area contributed by atoms with Crippen LogP contribution in [0.25, 0.3) is 10.2 Å². The number of hydrogen-bond donors (Lipinski definition) is 2. The third-order valence-electron chi connectivity index (χ3n) is 3.68. The molecular weight excluding hydrogens is 260 g/mol. The molecule has 0 amide bonds. The fourth-order valence-electron chi connectivity index (χ4n) is 2.53. The Balaban J connectivity index is 1.82. The van der Waals surface area contributed by atoms with E-state index in [0.29, 0.717) is 17.9 Å². The third-order valence-corrected chi connectivity index (χ3v) is 4.49. The second kappa shape index (κ2) is 5.30. The van der Waals surface area contributed by atoms with Gasteiger partial charge in [-0.2, -0.15) is 4.98 Å². The lowest BCUT2D eigenvalue weighted by molar-refractivity contribution is 0.0622. The van der Waals surface area contributed by atoms with Crippen molar-refractivity contribution in [1.29, 1.82) is 0 Å². The zero-order valence-electron chi connectivity index (χ0n) is 10.9. The van der Waals surface area contributed by atoms with Gasteiger partial charge in [0.05, 0.1) is 5.39 Å². The molecule has 6 heteroatoms. The summed E-state index contributed by atoms with van der Waals surface area (Å²) < 4.78 is 5.41. The van der Waals surface area contributed by atoms with Gasteiger partial charge in [0.15, 0.2) is 0 Å². The highest BCUT2D eigenvalue weighted by Crippen LogP contribution is 2.28. The van der Waals surface area contributed by atoms with Crippen LogP contribution in [0.15, 0.2) is 11.4 Å². The van der Waals surface area contributed by atoms with Gasteiger partial charge in [0.1, 0.15) is 10.6 Å². The molecule has 2 aromatic rings. The number of hydrogen-bond acceptors (Lipinski definition) is 6. The predicted molar refractivity (Wildman–Crippen MR) is 78.5 cm³/mol. The first kappa shape index (κ1) is 12.6. The minimum absolute atomic E-state index is 0.330. The zero-order chi connectivity index (χ0) is 13.2. The quantitative estimate of drug-likeness (QED) is 0.902. The molecule has 2 aromatic heterocycles. The molecule has 1 aliphatic heterocycles. The van der Waals surface area contributed by atoms with Crippen LogP contribution >= 0.6 is 11.3 Å². The Morgan fingerprint density at radius 3 is 3.00 bits per heavy atom. The molecule has 19 heavy (non-hydrogen) atoms. The van der Waals surface area contributed by atoms with Gasteiger partial charge < -0.3 is 15.8 Å². The molecule has 0 aromatic carbocycles. The average molecular weight is 278 g/mol. The minimum atomic E-state index is 0.330. The molecule has 5 nitrogen and oxygen atoms in total. The second-order valence-electron chi connectivity index (χ2n) is 4.95. The molecule has 3 rings (SSSR count). The number of fused-ring (bicyclic) bond motifs is 1. The molecule has 1 fully saturated rings. The maximum absolute atomic E-state index is 5.76. The molecule has 0 spiro atoms. The summed E-state index contributed by atoms with van der Waals surface area (Å²) in [5.74, 6) is 1.80. The molecule has 0 aliphatic carbocycles. The normalized spacial score (nSPS) is 18.6. The predicted octanol–water partition coefficient (Wildman–Crippen LogP) is 2.50. The van der Waals surface area contributed by atoms with Gasteiger partial charge in [-0.05, 0) is 37.1 Å². The van der Waals surface area contributed by atoms with Crippen LogP contribution in [-0.4, -0.2) is 29.2 Å². The van der Waals surface area contributed by atoms with Crippen molar-refractivity contribution >= 4 is 33.3 Å². The lowest BCUT2D eigenvalue weighted by atomic mass is 9.93. The smallest absolute Gasteiger partial charge is 0.223 e. The summed E-state index contributed by atoms with van der Waals surface area (Å²) in [7, 11) is 0. The lowest BCUT2D eigenvalue weighted by Gasteiger charge is -2.28. The molecule has 1 saturated heterocycles. The van der Waals surface area contributed by atoms with Crippen LogP contribution < -0.4 is 11.1 Å².